The summed E-state index contributed by atoms with van der Waals surface area (Å²) in [6.07, 6.45) is 11.8. The summed E-state index contributed by atoms with van der Waals surface area (Å²) in [6.45, 7) is 3.73. The molecule has 1 N–H and O–H groups in total. The number of ether oxygens (including phenoxy) is 1. The van der Waals surface area contributed by atoms with Crippen LogP contribution in [0.5, 0.6) is 0 Å². The maximum absolute atomic E-state index is 13.2. The van der Waals surface area contributed by atoms with Gasteiger partial charge in [-0.05, 0) is 61.3 Å². The largest absolute Gasteiger partial charge is 0.449 e. The van der Waals surface area contributed by atoms with Crippen molar-refractivity contribution in [3.8, 4) is 11.1 Å². The van der Waals surface area contributed by atoms with Crippen molar-refractivity contribution in [2.75, 3.05) is 19.7 Å². The number of carbonyl (C=O) groups is 2. The molecule has 34 heavy (non-hydrogen) atoms. The van der Waals surface area contributed by atoms with Gasteiger partial charge in [0.2, 0.25) is 5.91 Å². The van der Waals surface area contributed by atoms with Crippen LogP contribution >= 0.6 is 0 Å². The number of piperidine rings is 1. The zero-order valence-corrected chi connectivity index (χ0v) is 19.9. The van der Waals surface area contributed by atoms with Crippen LogP contribution in [0.15, 0.2) is 72.8 Å². The SMILES string of the molecule is C/C=C\C=C/CCC(NC(=O)OCC1c2ccccc2-c2ccccc21)C(=O)N1CCCCC1. The highest BCUT2D eigenvalue weighted by atomic mass is 16.5. The lowest BCUT2D eigenvalue weighted by atomic mass is 9.98. The van der Waals surface area contributed by atoms with E-state index in [4.69, 9.17) is 4.74 Å². The van der Waals surface area contributed by atoms with E-state index in [1.807, 2.05) is 60.4 Å². The Kier molecular flexibility index (Phi) is 8.18. The van der Waals surface area contributed by atoms with Crippen LogP contribution in [0.3, 0.4) is 0 Å². The van der Waals surface area contributed by atoms with Gasteiger partial charge in [0.25, 0.3) is 0 Å². The molecular weight excluding hydrogens is 424 g/mol. The zero-order valence-electron chi connectivity index (χ0n) is 19.9. The van der Waals surface area contributed by atoms with E-state index < -0.39 is 12.1 Å². The summed E-state index contributed by atoms with van der Waals surface area (Å²) in [6, 6.07) is 16.0. The molecule has 178 valence electrons. The summed E-state index contributed by atoms with van der Waals surface area (Å²) in [5, 5.41) is 2.87. The van der Waals surface area contributed by atoms with E-state index in [2.05, 4.69) is 29.6 Å². The van der Waals surface area contributed by atoms with E-state index in [-0.39, 0.29) is 18.4 Å². The Balaban J connectivity index is 1.40. The number of allylic oxidation sites excluding steroid dienone is 4. The van der Waals surface area contributed by atoms with Crippen LogP contribution in [0, 0.1) is 0 Å². The highest BCUT2D eigenvalue weighted by Gasteiger charge is 2.30. The first-order chi connectivity index (χ1) is 16.7. The van der Waals surface area contributed by atoms with E-state index in [0.29, 0.717) is 12.8 Å². The smallest absolute Gasteiger partial charge is 0.407 e. The van der Waals surface area contributed by atoms with Gasteiger partial charge in [-0.3, -0.25) is 4.79 Å². The van der Waals surface area contributed by atoms with Gasteiger partial charge in [0.15, 0.2) is 0 Å². The second-order valence-electron chi connectivity index (χ2n) is 8.94. The zero-order chi connectivity index (χ0) is 23.8. The van der Waals surface area contributed by atoms with Gasteiger partial charge in [0.05, 0.1) is 0 Å². The van der Waals surface area contributed by atoms with E-state index in [1.54, 1.807) is 0 Å². The van der Waals surface area contributed by atoms with Gasteiger partial charge in [-0.15, -0.1) is 0 Å². The van der Waals surface area contributed by atoms with Crippen LogP contribution in [0.25, 0.3) is 11.1 Å². The number of nitrogens with zero attached hydrogens (tertiary/aromatic N) is 1. The Morgan fingerprint density at radius 1 is 1.00 bits per heavy atom. The summed E-state index contributed by atoms with van der Waals surface area (Å²) in [7, 11) is 0. The summed E-state index contributed by atoms with van der Waals surface area (Å²) >= 11 is 0. The average Bonchev–Trinajstić information content (AvgIpc) is 3.20. The minimum absolute atomic E-state index is 0.00170. The summed E-state index contributed by atoms with van der Waals surface area (Å²) < 4.78 is 5.70. The molecule has 2 aromatic carbocycles. The Bertz CT molecular complexity index is 1010. The van der Waals surface area contributed by atoms with Crippen LogP contribution in [0.1, 0.15) is 56.1 Å². The lowest BCUT2D eigenvalue weighted by molar-refractivity contribution is -0.134. The van der Waals surface area contributed by atoms with Crippen LogP contribution in [0.2, 0.25) is 0 Å². The number of hydrogen-bond donors (Lipinski definition) is 1. The molecule has 0 aromatic heterocycles. The minimum atomic E-state index is -0.580. The molecule has 0 spiro atoms. The second-order valence-corrected chi connectivity index (χ2v) is 8.94. The topological polar surface area (TPSA) is 58.6 Å². The first kappa shape index (κ1) is 23.8. The Morgan fingerprint density at radius 2 is 1.65 bits per heavy atom. The van der Waals surface area contributed by atoms with Gasteiger partial charge in [-0.2, -0.15) is 0 Å². The fraction of sp³-hybridized carbons (Fsp3) is 0.379. The number of hydrogen-bond acceptors (Lipinski definition) is 3. The first-order valence-corrected chi connectivity index (χ1v) is 12.4. The van der Waals surface area contributed by atoms with Gasteiger partial charge in [0, 0.05) is 19.0 Å². The Hall–Kier alpha value is -3.34. The molecular formula is C29H34N2O3. The van der Waals surface area contributed by atoms with E-state index in [0.717, 1.165) is 32.4 Å². The van der Waals surface area contributed by atoms with E-state index in [9.17, 15) is 9.59 Å². The lowest BCUT2D eigenvalue weighted by Crippen LogP contribution is -2.50. The molecule has 0 radical (unpaired) electrons. The number of nitrogens with one attached hydrogen (secondary N) is 1. The average molecular weight is 459 g/mol. The number of amides is 2. The maximum atomic E-state index is 13.2. The third-order valence-corrected chi connectivity index (χ3v) is 6.66. The second kappa shape index (κ2) is 11.7. The molecule has 1 atom stereocenters. The number of likely N-dealkylation sites (tertiary alicyclic amines) is 1. The molecule has 1 fully saturated rings. The third-order valence-electron chi connectivity index (χ3n) is 6.66. The normalized spacial score (nSPS) is 16.4. The Labute approximate surface area is 202 Å². The van der Waals surface area contributed by atoms with Gasteiger partial charge in [-0.1, -0.05) is 72.8 Å². The van der Waals surface area contributed by atoms with Crippen molar-refractivity contribution in [2.24, 2.45) is 0 Å². The predicted octanol–water partition coefficient (Wildman–Crippen LogP) is 5.82. The van der Waals surface area contributed by atoms with E-state index in [1.165, 1.54) is 22.3 Å². The number of rotatable bonds is 8. The first-order valence-electron chi connectivity index (χ1n) is 12.4. The molecule has 1 aliphatic heterocycles. The molecule has 1 heterocycles. The van der Waals surface area contributed by atoms with Gasteiger partial charge in [0.1, 0.15) is 12.6 Å². The molecule has 1 aliphatic carbocycles. The number of carbonyl (C=O) groups excluding carboxylic acids is 2. The number of benzene rings is 2. The molecule has 1 saturated heterocycles. The van der Waals surface area contributed by atoms with Crippen molar-refractivity contribution >= 4 is 12.0 Å². The number of fused-ring (bicyclic) bond motifs is 3. The summed E-state index contributed by atoms with van der Waals surface area (Å²) in [4.78, 5) is 27.9. The third kappa shape index (κ3) is 5.58. The fourth-order valence-corrected chi connectivity index (χ4v) is 4.92. The molecule has 0 saturated carbocycles. The summed E-state index contributed by atoms with van der Waals surface area (Å²) in [5.74, 6) is -0.00852. The van der Waals surface area contributed by atoms with Gasteiger partial charge >= 0.3 is 6.09 Å². The van der Waals surface area contributed by atoms with Crippen molar-refractivity contribution in [1.29, 1.82) is 0 Å². The minimum Gasteiger partial charge on any atom is -0.449 e. The van der Waals surface area contributed by atoms with Crippen molar-refractivity contribution in [1.82, 2.24) is 10.2 Å². The van der Waals surface area contributed by atoms with Crippen molar-refractivity contribution < 1.29 is 14.3 Å². The molecule has 0 bridgehead atoms. The maximum Gasteiger partial charge on any atom is 0.407 e. The van der Waals surface area contributed by atoms with Crippen LogP contribution in [0.4, 0.5) is 4.79 Å². The van der Waals surface area contributed by atoms with Crippen molar-refractivity contribution in [3.63, 3.8) is 0 Å². The molecule has 2 aromatic rings. The molecule has 2 amide bonds. The lowest BCUT2D eigenvalue weighted by Gasteiger charge is -2.30. The van der Waals surface area contributed by atoms with E-state index >= 15 is 0 Å². The molecule has 4 rings (SSSR count). The molecule has 5 nitrogen and oxygen atoms in total. The molecule has 5 heteroatoms. The highest BCUT2D eigenvalue weighted by Crippen LogP contribution is 2.44. The van der Waals surface area contributed by atoms with Crippen LogP contribution < -0.4 is 5.32 Å². The van der Waals surface area contributed by atoms with Crippen LogP contribution in [-0.4, -0.2) is 42.6 Å². The quantitative estimate of drug-likeness (QED) is 0.507. The van der Waals surface area contributed by atoms with Crippen molar-refractivity contribution in [3.05, 3.63) is 84.0 Å². The number of alkyl carbamates (subject to hydrolysis) is 1. The highest BCUT2D eigenvalue weighted by molar-refractivity contribution is 5.86. The molecule has 2 aliphatic rings. The van der Waals surface area contributed by atoms with Gasteiger partial charge < -0.3 is 15.0 Å². The molecule has 1 unspecified atom stereocenters. The standard InChI is InChI=1S/C29H34N2O3/c1-2-3-4-5-7-18-27(28(32)31-19-12-6-13-20-31)30-29(33)34-21-26-24-16-10-8-14-22(24)23-15-9-11-17-25(23)26/h2-5,8-11,14-17,26-27H,6-7,12-13,18-21H2,1H3,(H,30,33)/b3-2-,5-4-. The van der Waals surface area contributed by atoms with Crippen molar-refractivity contribution in [2.45, 2.75) is 51.0 Å². The summed E-state index contributed by atoms with van der Waals surface area (Å²) in [5.41, 5.74) is 4.73. The van der Waals surface area contributed by atoms with Crippen LogP contribution in [-0.2, 0) is 9.53 Å². The predicted molar refractivity (Wildman–Crippen MR) is 136 cm³/mol. The Morgan fingerprint density at radius 3 is 2.29 bits per heavy atom. The fourth-order valence-electron chi connectivity index (χ4n) is 4.92. The van der Waals surface area contributed by atoms with Gasteiger partial charge in [-0.25, -0.2) is 4.79 Å². The monoisotopic (exact) mass is 458 g/mol.